The number of nitrogens with two attached hydrogens (primary N) is 2. The van der Waals surface area contributed by atoms with E-state index in [9.17, 15) is 9.90 Å². The lowest BCUT2D eigenvalue weighted by atomic mass is 9.77. The molecule has 6 N–H and O–H groups in total. The topological polar surface area (TPSA) is 118 Å². The third-order valence-electron chi connectivity index (χ3n) is 4.34. The van der Waals surface area contributed by atoms with Gasteiger partial charge in [0.2, 0.25) is 0 Å². The van der Waals surface area contributed by atoms with Gasteiger partial charge in [-0.15, -0.1) is 0 Å². The summed E-state index contributed by atoms with van der Waals surface area (Å²) in [5.41, 5.74) is 11.3. The van der Waals surface area contributed by atoms with Gasteiger partial charge >= 0.3 is 0 Å². The maximum absolute atomic E-state index is 12.4. The van der Waals surface area contributed by atoms with Gasteiger partial charge < -0.3 is 26.8 Å². The minimum atomic E-state index is -0.469. The molecule has 1 saturated carbocycles. The Morgan fingerprint density at radius 3 is 2.86 bits per heavy atom. The van der Waals surface area contributed by atoms with Gasteiger partial charge in [0, 0.05) is 19.1 Å². The van der Waals surface area contributed by atoms with Crippen molar-refractivity contribution in [3.8, 4) is 0 Å². The first-order valence-electron chi connectivity index (χ1n) is 7.23. The highest BCUT2D eigenvalue weighted by Gasteiger charge is 2.38. The summed E-state index contributed by atoms with van der Waals surface area (Å²) in [6, 6.07) is 0.153. The van der Waals surface area contributed by atoms with E-state index in [1.54, 1.807) is 0 Å². The number of thiazole rings is 1. The predicted octanol–water partition coefficient (Wildman–Crippen LogP) is -0.0925. The Labute approximate surface area is 127 Å². The molecule has 1 saturated heterocycles. The quantitative estimate of drug-likeness (QED) is 0.617. The Morgan fingerprint density at radius 1 is 1.57 bits per heavy atom. The molecule has 0 radical (unpaired) electrons. The molecule has 7 nitrogen and oxygen atoms in total. The molecular weight excluding hydrogens is 290 g/mol. The Bertz CT molecular complexity index is 537. The molecule has 0 bridgehead atoms. The molecule has 1 aromatic heterocycles. The lowest BCUT2D eigenvalue weighted by Gasteiger charge is -2.40. The first-order valence-corrected chi connectivity index (χ1v) is 8.05. The summed E-state index contributed by atoms with van der Waals surface area (Å²) in [7, 11) is 0. The summed E-state index contributed by atoms with van der Waals surface area (Å²) in [6.07, 6.45) is 3.56. The van der Waals surface area contributed by atoms with Crippen LogP contribution in [0.3, 0.4) is 0 Å². The third kappa shape index (κ3) is 2.70. The van der Waals surface area contributed by atoms with Crippen molar-refractivity contribution < 1.29 is 9.90 Å². The second-order valence-corrected chi connectivity index (χ2v) is 6.93. The van der Waals surface area contributed by atoms with E-state index in [0.29, 0.717) is 4.88 Å². The number of rotatable bonds is 4. The molecule has 1 aliphatic carbocycles. The largest absolute Gasteiger partial charge is 0.394 e. The van der Waals surface area contributed by atoms with Gasteiger partial charge in [-0.2, -0.15) is 0 Å². The van der Waals surface area contributed by atoms with Crippen molar-refractivity contribution in [2.24, 2.45) is 5.73 Å². The van der Waals surface area contributed by atoms with Crippen molar-refractivity contribution in [1.29, 1.82) is 0 Å². The van der Waals surface area contributed by atoms with Crippen LogP contribution in [0.15, 0.2) is 0 Å². The Balaban J connectivity index is 1.73. The van der Waals surface area contributed by atoms with Crippen LogP contribution in [0.5, 0.6) is 0 Å². The summed E-state index contributed by atoms with van der Waals surface area (Å²) in [6.45, 7) is 1.55. The zero-order valence-electron chi connectivity index (χ0n) is 11.8. The van der Waals surface area contributed by atoms with E-state index in [2.05, 4.69) is 15.2 Å². The van der Waals surface area contributed by atoms with Crippen molar-refractivity contribution in [2.75, 3.05) is 30.3 Å². The Morgan fingerprint density at radius 2 is 2.33 bits per heavy atom. The first-order chi connectivity index (χ1) is 10.0. The number of aliphatic hydroxyl groups excluding tert-OH is 1. The number of amides is 1. The van der Waals surface area contributed by atoms with Gasteiger partial charge in [0.1, 0.15) is 10.7 Å². The number of carbonyl (C=O) groups is 1. The molecular formula is C13H21N5O2S. The molecule has 0 aromatic carbocycles. The van der Waals surface area contributed by atoms with Gasteiger partial charge in [-0.05, 0) is 25.7 Å². The monoisotopic (exact) mass is 311 g/mol. The molecule has 8 heteroatoms. The molecule has 21 heavy (non-hydrogen) atoms. The molecule has 1 amide bonds. The maximum Gasteiger partial charge on any atom is 0.265 e. The maximum atomic E-state index is 12.4. The fraction of sp³-hybridized carbons (Fsp3) is 0.692. The zero-order valence-corrected chi connectivity index (χ0v) is 12.7. The highest BCUT2D eigenvalue weighted by atomic mass is 32.1. The summed E-state index contributed by atoms with van der Waals surface area (Å²) < 4.78 is 0. The highest BCUT2D eigenvalue weighted by Crippen LogP contribution is 2.34. The molecule has 3 rings (SSSR count). The molecule has 116 valence electrons. The number of hydrogen-bond acceptors (Lipinski definition) is 7. The van der Waals surface area contributed by atoms with Gasteiger partial charge in [-0.25, -0.2) is 4.98 Å². The molecule has 2 fully saturated rings. The van der Waals surface area contributed by atoms with Crippen LogP contribution in [0.1, 0.15) is 35.4 Å². The minimum Gasteiger partial charge on any atom is -0.394 e. The molecule has 0 spiro atoms. The van der Waals surface area contributed by atoms with E-state index in [1.165, 1.54) is 11.3 Å². The lowest BCUT2D eigenvalue weighted by molar-refractivity contribution is 0.0645. The Kier molecular flexibility index (Phi) is 3.76. The third-order valence-corrected chi connectivity index (χ3v) is 5.47. The van der Waals surface area contributed by atoms with E-state index in [-0.39, 0.29) is 24.4 Å². The van der Waals surface area contributed by atoms with E-state index in [1.807, 2.05) is 0 Å². The molecule has 1 unspecified atom stereocenters. The summed E-state index contributed by atoms with van der Waals surface area (Å²) >= 11 is 1.29. The highest BCUT2D eigenvalue weighted by molar-refractivity contribution is 7.18. The van der Waals surface area contributed by atoms with Crippen molar-refractivity contribution in [2.45, 2.75) is 37.3 Å². The van der Waals surface area contributed by atoms with E-state index in [4.69, 9.17) is 11.5 Å². The van der Waals surface area contributed by atoms with E-state index < -0.39 is 5.54 Å². The Hall–Kier alpha value is -1.38. The van der Waals surface area contributed by atoms with Gasteiger partial charge in [-0.1, -0.05) is 11.3 Å². The van der Waals surface area contributed by atoms with Crippen molar-refractivity contribution in [3.63, 3.8) is 0 Å². The second-order valence-electron chi connectivity index (χ2n) is 5.95. The number of nitrogens with one attached hydrogen (secondary N) is 1. The summed E-state index contributed by atoms with van der Waals surface area (Å²) in [4.78, 5) is 19.1. The number of hydrogen-bond donors (Lipinski definition) is 4. The van der Waals surface area contributed by atoms with Gasteiger partial charge in [0.05, 0.1) is 12.1 Å². The minimum absolute atomic E-state index is 0.0364. The summed E-state index contributed by atoms with van der Waals surface area (Å²) in [5.74, 6) is 0.00822. The molecule has 1 atom stereocenters. The number of carbonyl (C=O) groups excluding carboxylic acids is 1. The summed E-state index contributed by atoms with van der Waals surface area (Å²) in [5, 5.41) is 13.1. The van der Waals surface area contributed by atoms with E-state index >= 15 is 0 Å². The van der Waals surface area contributed by atoms with Crippen LogP contribution in [0.2, 0.25) is 0 Å². The zero-order chi connectivity index (χ0) is 15.0. The fourth-order valence-electron chi connectivity index (χ4n) is 2.80. The average molecular weight is 311 g/mol. The van der Waals surface area contributed by atoms with Crippen molar-refractivity contribution in [3.05, 3.63) is 4.88 Å². The fourth-order valence-corrected chi connectivity index (χ4v) is 3.72. The predicted molar refractivity (Wildman–Crippen MR) is 82.5 cm³/mol. The molecule has 1 aliphatic heterocycles. The van der Waals surface area contributed by atoms with Crippen LogP contribution in [-0.2, 0) is 0 Å². The number of anilines is 2. The van der Waals surface area contributed by atoms with Crippen LogP contribution < -0.4 is 21.7 Å². The van der Waals surface area contributed by atoms with Gasteiger partial charge in [0.25, 0.3) is 5.91 Å². The molecule has 2 aliphatic rings. The average Bonchev–Trinajstić information content (AvgIpc) is 3.00. The SMILES string of the molecule is Nc1nc(N2CCC(N)C2)sc1C(=O)NC1(CO)CCC1. The van der Waals surface area contributed by atoms with Crippen LogP contribution in [0.25, 0.3) is 0 Å². The smallest absolute Gasteiger partial charge is 0.265 e. The lowest BCUT2D eigenvalue weighted by Crippen LogP contribution is -2.56. The standard InChI is InChI=1S/C13H21N5O2S/c14-8-2-5-18(6-8)12-16-10(15)9(21-12)11(20)17-13(7-19)3-1-4-13/h8,19H,1-7,14-15H2,(H,17,20). The number of nitrogen functional groups attached to an aromatic ring is 1. The molecule has 2 heterocycles. The van der Waals surface area contributed by atoms with Crippen molar-refractivity contribution >= 4 is 28.2 Å². The van der Waals surface area contributed by atoms with Crippen LogP contribution in [0.4, 0.5) is 10.9 Å². The number of aromatic nitrogens is 1. The van der Waals surface area contributed by atoms with Crippen LogP contribution in [-0.4, -0.2) is 47.3 Å². The van der Waals surface area contributed by atoms with Crippen LogP contribution >= 0.6 is 11.3 Å². The van der Waals surface area contributed by atoms with E-state index in [0.717, 1.165) is 43.9 Å². The van der Waals surface area contributed by atoms with Gasteiger partial charge in [-0.3, -0.25) is 4.79 Å². The number of aliphatic hydroxyl groups is 1. The van der Waals surface area contributed by atoms with Crippen LogP contribution in [0, 0.1) is 0 Å². The second kappa shape index (κ2) is 5.43. The molecule has 1 aromatic rings. The van der Waals surface area contributed by atoms with Crippen molar-refractivity contribution in [1.82, 2.24) is 10.3 Å². The first kappa shape index (κ1) is 14.6. The number of nitrogens with zero attached hydrogens (tertiary/aromatic N) is 2. The normalized spacial score (nSPS) is 23.9. The van der Waals surface area contributed by atoms with Gasteiger partial charge in [0.15, 0.2) is 5.13 Å².